The zero-order valence-electron chi connectivity index (χ0n) is 18.9. The maximum absolute atomic E-state index is 13.3. The second kappa shape index (κ2) is 8.61. The second-order valence-electron chi connectivity index (χ2n) is 9.60. The van der Waals surface area contributed by atoms with Crippen LogP contribution in [0.5, 0.6) is 0 Å². The molecule has 3 fully saturated rings. The van der Waals surface area contributed by atoms with Crippen LogP contribution in [0.15, 0.2) is 24.3 Å². The molecule has 0 atom stereocenters. The van der Waals surface area contributed by atoms with Crippen LogP contribution in [-0.4, -0.2) is 70.3 Å². The molecule has 0 aromatic heterocycles. The smallest absolute Gasteiger partial charge is 0.325 e. The van der Waals surface area contributed by atoms with E-state index in [2.05, 4.69) is 48.3 Å². The fourth-order valence-electron chi connectivity index (χ4n) is 5.12. The molecule has 1 spiro atoms. The Morgan fingerprint density at radius 3 is 2.23 bits per heavy atom. The van der Waals surface area contributed by atoms with Crippen molar-refractivity contribution in [2.75, 3.05) is 26.2 Å². The molecule has 0 saturated carbocycles. The van der Waals surface area contributed by atoms with Crippen molar-refractivity contribution < 1.29 is 14.4 Å². The lowest BCUT2D eigenvalue weighted by Gasteiger charge is -2.38. The lowest BCUT2D eigenvalue weighted by molar-refractivity contribution is -0.138. The maximum Gasteiger partial charge on any atom is 0.325 e. The molecule has 0 radical (unpaired) electrons. The van der Waals surface area contributed by atoms with Gasteiger partial charge in [0, 0.05) is 45.7 Å². The first-order chi connectivity index (χ1) is 14.8. The number of rotatable bonds is 4. The predicted molar refractivity (Wildman–Crippen MR) is 118 cm³/mol. The molecule has 0 bridgehead atoms. The molecule has 31 heavy (non-hydrogen) atoms. The average Bonchev–Trinajstić information content (AvgIpc) is 2.98. The Bertz CT molecular complexity index is 835. The summed E-state index contributed by atoms with van der Waals surface area (Å²) in [6.45, 7) is 9.63. The molecule has 1 N–H and O–H groups in total. The highest BCUT2D eigenvalue weighted by atomic mass is 16.2. The van der Waals surface area contributed by atoms with Crippen LogP contribution >= 0.6 is 0 Å². The van der Waals surface area contributed by atoms with E-state index in [0.717, 1.165) is 32.5 Å². The molecule has 3 aliphatic rings. The number of hydrogen-bond donors (Lipinski definition) is 1. The topological polar surface area (TPSA) is 73.0 Å². The number of urea groups is 1. The molecule has 4 rings (SSSR count). The van der Waals surface area contributed by atoms with E-state index in [-0.39, 0.29) is 23.9 Å². The summed E-state index contributed by atoms with van der Waals surface area (Å²) in [4.78, 5) is 43.2. The average molecular weight is 427 g/mol. The number of piperidine rings is 2. The van der Waals surface area contributed by atoms with Crippen LogP contribution in [-0.2, 0) is 16.1 Å². The number of nitrogens with zero attached hydrogens (tertiary/aromatic N) is 3. The van der Waals surface area contributed by atoms with Crippen LogP contribution < -0.4 is 5.32 Å². The number of likely N-dealkylation sites (tertiary alicyclic amines) is 2. The van der Waals surface area contributed by atoms with Gasteiger partial charge in [-0.05, 0) is 42.7 Å². The van der Waals surface area contributed by atoms with Crippen molar-refractivity contribution in [3.63, 3.8) is 0 Å². The summed E-state index contributed by atoms with van der Waals surface area (Å²) in [6, 6.07) is 8.51. The van der Waals surface area contributed by atoms with E-state index >= 15 is 0 Å². The zero-order chi connectivity index (χ0) is 22.2. The molecule has 4 amide bonds. The fraction of sp³-hybridized carbons (Fsp3) is 0.625. The van der Waals surface area contributed by atoms with Gasteiger partial charge in [0.2, 0.25) is 5.91 Å². The summed E-state index contributed by atoms with van der Waals surface area (Å²) in [6.07, 6.45) is 2.61. The number of carbonyl (C=O) groups is 3. The Hall–Kier alpha value is -2.41. The third-order valence-electron chi connectivity index (χ3n) is 7.23. The lowest BCUT2D eigenvalue weighted by atomic mass is 9.87. The molecular formula is C24H34N4O3. The van der Waals surface area contributed by atoms with Crippen molar-refractivity contribution in [1.29, 1.82) is 0 Å². The zero-order valence-corrected chi connectivity index (χ0v) is 18.9. The van der Waals surface area contributed by atoms with Gasteiger partial charge >= 0.3 is 6.03 Å². The Morgan fingerprint density at radius 2 is 1.68 bits per heavy atom. The van der Waals surface area contributed by atoms with Gasteiger partial charge in [-0.3, -0.25) is 19.4 Å². The highest BCUT2D eigenvalue weighted by Gasteiger charge is 2.54. The number of benzene rings is 1. The van der Waals surface area contributed by atoms with E-state index in [1.165, 1.54) is 16.0 Å². The molecule has 0 aliphatic carbocycles. The first-order valence-corrected chi connectivity index (χ1v) is 11.5. The van der Waals surface area contributed by atoms with Gasteiger partial charge in [-0.1, -0.05) is 38.1 Å². The van der Waals surface area contributed by atoms with Crippen molar-refractivity contribution >= 4 is 17.8 Å². The van der Waals surface area contributed by atoms with E-state index in [4.69, 9.17) is 0 Å². The highest BCUT2D eigenvalue weighted by Crippen LogP contribution is 2.33. The third-order valence-corrected chi connectivity index (χ3v) is 7.23. The van der Waals surface area contributed by atoms with Crippen LogP contribution in [0.2, 0.25) is 0 Å². The minimum Gasteiger partial charge on any atom is -0.343 e. The summed E-state index contributed by atoms with van der Waals surface area (Å²) in [5.74, 6) is 0.463. The van der Waals surface area contributed by atoms with Crippen molar-refractivity contribution in [3.05, 3.63) is 35.4 Å². The summed E-state index contributed by atoms with van der Waals surface area (Å²) in [5, 5.41) is 2.98. The Balaban J connectivity index is 1.33. The minimum atomic E-state index is -0.821. The molecule has 168 valence electrons. The predicted octanol–water partition coefficient (Wildman–Crippen LogP) is 2.71. The quantitative estimate of drug-likeness (QED) is 0.752. The van der Waals surface area contributed by atoms with E-state index in [1.54, 1.807) is 11.8 Å². The largest absolute Gasteiger partial charge is 0.343 e. The first-order valence-electron chi connectivity index (χ1n) is 11.5. The fourth-order valence-corrected chi connectivity index (χ4v) is 5.12. The standard InChI is InChI=1S/C24H34N4O3/c1-17(2)20-6-4-19(5-7-20)16-26-12-8-21(9-13-26)28-22(30)24(25-23(28)31)10-14-27(15-11-24)18(3)29/h4-7,17,21H,8-16H2,1-3H3,(H,25,31). The molecule has 1 aromatic carbocycles. The summed E-state index contributed by atoms with van der Waals surface area (Å²) in [5.41, 5.74) is 1.83. The molecule has 3 heterocycles. The normalized spacial score (nSPS) is 22.5. The van der Waals surface area contributed by atoms with Gasteiger partial charge in [-0.15, -0.1) is 0 Å². The molecule has 7 heteroatoms. The Morgan fingerprint density at radius 1 is 1.06 bits per heavy atom. The lowest BCUT2D eigenvalue weighted by Crippen LogP contribution is -2.56. The summed E-state index contributed by atoms with van der Waals surface area (Å²) in [7, 11) is 0. The maximum atomic E-state index is 13.3. The summed E-state index contributed by atoms with van der Waals surface area (Å²) >= 11 is 0. The Labute approximate surface area is 184 Å². The van der Waals surface area contributed by atoms with Crippen molar-refractivity contribution in [2.45, 2.75) is 70.5 Å². The summed E-state index contributed by atoms with van der Waals surface area (Å²) < 4.78 is 0. The van der Waals surface area contributed by atoms with Crippen LogP contribution in [0.4, 0.5) is 4.79 Å². The van der Waals surface area contributed by atoms with Crippen LogP contribution in [0.25, 0.3) is 0 Å². The van der Waals surface area contributed by atoms with E-state index in [9.17, 15) is 14.4 Å². The molecule has 3 aliphatic heterocycles. The van der Waals surface area contributed by atoms with Gasteiger partial charge < -0.3 is 10.2 Å². The first kappa shape index (κ1) is 21.8. The van der Waals surface area contributed by atoms with Gasteiger partial charge in [-0.25, -0.2) is 4.79 Å². The molecule has 3 saturated heterocycles. The monoisotopic (exact) mass is 426 g/mol. The van der Waals surface area contributed by atoms with E-state index in [0.29, 0.717) is 31.8 Å². The number of imide groups is 1. The SMILES string of the molecule is CC(=O)N1CCC2(CC1)NC(=O)N(C1CCN(Cc3ccc(C(C)C)cc3)CC1)C2=O. The van der Waals surface area contributed by atoms with E-state index in [1.807, 2.05) is 0 Å². The number of hydrogen-bond acceptors (Lipinski definition) is 4. The van der Waals surface area contributed by atoms with Crippen molar-refractivity contribution in [2.24, 2.45) is 0 Å². The van der Waals surface area contributed by atoms with Gasteiger partial charge in [0.05, 0.1) is 0 Å². The van der Waals surface area contributed by atoms with Gasteiger partial charge in [0.25, 0.3) is 5.91 Å². The van der Waals surface area contributed by atoms with Gasteiger partial charge in [0.1, 0.15) is 5.54 Å². The van der Waals surface area contributed by atoms with Crippen molar-refractivity contribution in [3.8, 4) is 0 Å². The van der Waals surface area contributed by atoms with Crippen molar-refractivity contribution in [1.82, 2.24) is 20.0 Å². The highest BCUT2D eigenvalue weighted by molar-refractivity contribution is 6.07. The van der Waals surface area contributed by atoms with Crippen LogP contribution in [0.3, 0.4) is 0 Å². The van der Waals surface area contributed by atoms with E-state index < -0.39 is 5.54 Å². The van der Waals surface area contributed by atoms with Crippen LogP contribution in [0, 0.1) is 0 Å². The van der Waals surface area contributed by atoms with Gasteiger partial charge in [-0.2, -0.15) is 0 Å². The molecular weight excluding hydrogens is 392 g/mol. The minimum absolute atomic E-state index is 0.0229. The molecule has 7 nitrogen and oxygen atoms in total. The van der Waals surface area contributed by atoms with Crippen LogP contribution in [0.1, 0.15) is 63.5 Å². The second-order valence-corrected chi connectivity index (χ2v) is 9.60. The Kier molecular flexibility index (Phi) is 6.06. The third kappa shape index (κ3) is 4.33. The molecule has 0 unspecified atom stereocenters. The molecule has 1 aromatic rings. The number of carbonyl (C=O) groups excluding carboxylic acids is 3. The van der Waals surface area contributed by atoms with Gasteiger partial charge in [0.15, 0.2) is 0 Å². The number of amides is 4. The number of nitrogens with one attached hydrogen (secondary N) is 1.